The van der Waals surface area contributed by atoms with E-state index in [1.807, 2.05) is 32.0 Å². The van der Waals surface area contributed by atoms with Crippen molar-refractivity contribution in [2.45, 2.75) is 26.4 Å². The number of amides is 1. The van der Waals surface area contributed by atoms with Gasteiger partial charge in [-0.3, -0.25) is 4.79 Å². The van der Waals surface area contributed by atoms with Crippen molar-refractivity contribution in [2.24, 2.45) is 5.92 Å². The van der Waals surface area contributed by atoms with E-state index in [0.717, 1.165) is 0 Å². The number of hydrogen-bond donors (Lipinski definition) is 2. The maximum atomic E-state index is 11.4. The molecule has 1 aromatic carbocycles. The summed E-state index contributed by atoms with van der Waals surface area (Å²) >= 11 is 0. The fourth-order valence-electron chi connectivity index (χ4n) is 1.41. The third-order valence-electron chi connectivity index (χ3n) is 2.64. The molecule has 0 spiro atoms. The summed E-state index contributed by atoms with van der Waals surface area (Å²) in [4.78, 5) is 11.4. The Bertz CT molecular complexity index is 351. The minimum Gasteiger partial charge on any atom is -0.484 e. The van der Waals surface area contributed by atoms with Gasteiger partial charge in [0, 0.05) is 6.54 Å². The average molecular weight is 251 g/mol. The fraction of sp³-hybridized carbons (Fsp3) is 0.500. The highest BCUT2D eigenvalue weighted by atomic mass is 16.5. The molecule has 0 saturated heterocycles. The number of benzene rings is 1. The number of hydrogen-bond acceptors (Lipinski definition) is 3. The summed E-state index contributed by atoms with van der Waals surface area (Å²) < 4.78 is 5.30. The minimum absolute atomic E-state index is 0.00177. The molecule has 0 heterocycles. The molecule has 0 radical (unpaired) electrons. The Balaban J connectivity index is 2.15. The van der Waals surface area contributed by atoms with E-state index in [1.54, 1.807) is 12.1 Å². The largest absolute Gasteiger partial charge is 0.484 e. The predicted molar refractivity (Wildman–Crippen MR) is 70.4 cm³/mol. The zero-order valence-electron chi connectivity index (χ0n) is 10.9. The topological polar surface area (TPSA) is 58.6 Å². The Kier molecular flexibility index (Phi) is 6.22. The average Bonchev–Trinajstić information content (AvgIpc) is 2.37. The van der Waals surface area contributed by atoms with Gasteiger partial charge < -0.3 is 15.2 Å². The third kappa shape index (κ3) is 5.68. The molecule has 4 nitrogen and oxygen atoms in total. The number of carbonyl (C=O) groups excluding carboxylic acids is 1. The number of ether oxygens (including phenoxy) is 1. The van der Waals surface area contributed by atoms with Crippen LogP contribution in [0.4, 0.5) is 0 Å². The van der Waals surface area contributed by atoms with E-state index in [4.69, 9.17) is 4.74 Å². The molecular formula is C14H21NO3. The fourth-order valence-corrected chi connectivity index (χ4v) is 1.41. The normalized spacial score (nSPS) is 12.2. The Hall–Kier alpha value is -1.55. The van der Waals surface area contributed by atoms with Gasteiger partial charge in [0.15, 0.2) is 6.61 Å². The molecule has 0 saturated carbocycles. The van der Waals surface area contributed by atoms with Crippen molar-refractivity contribution in [3.05, 3.63) is 30.3 Å². The van der Waals surface area contributed by atoms with E-state index in [2.05, 4.69) is 5.32 Å². The molecule has 0 aliphatic rings. The lowest BCUT2D eigenvalue weighted by molar-refractivity contribution is -0.123. The van der Waals surface area contributed by atoms with Crippen LogP contribution in [0.5, 0.6) is 5.75 Å². The molecule has 0 aliphatic heterocycles. The van der Waals surface area contributed by atoms with Crippen LogP contribution in [0.1, 0.15) is 20.3 Å². The van der Waals surface area contributed by atoms with Gasteiger partial charge in [-0.05, 0) is 24.5 Å². The summed E-state index contributed by atoms with van der Waals surface area (Å²) in [6.45, 7) is 4.37. The minimum atomic E-state index is -0.375. The van der Waals surface area contributed by atoms with Gasteiger partial charge in [-0.1, -0.05) is 32.0 Å². The first-order valence-corrected chi connectivity index (χ1v) is 6.22. The Morgan fingerprint density at radius 2 is 2.00 bits per heavy atom. The molecule has 2 N–H and O–H groups in total. The van der Waals surface area contributed by atoms with Gasteiger partial charge in [0.05, 0.1) is 6.10 Å². The van der Waals surface area contributed by atoms with Gasteiger partial charge in [0.1, 0.15) is 5.75 Å². The lowest BCUT2D eigenvalue weighted by atomic mass is 10.0. The van der Waals surface area contributed by atoms with Gasteiger partial charge in [-0.2, -0.15) is 0 Å². The van der Waals surface area contributed by atoms with E-state index >= 15 is 0 Å². The SMILES string of the molecule is CC(C)[C@H](O)CCNC(=O)COc1ccccc1. The Labute approximate surface area is 108 Å². The second-order valence-corrected chi connectivity index (χ2v) is 4.55. The van der Waals surface area contributed by atoms with Crippen LogP contribution in [0, 0.1) is 5.92 Å². The zero-order chi connectivity index (χ0) is 13.4. The van der Waals surface area contributed by atoms with Crippen LogP contribution in [-0.4, -0.2) is 30.3 Å². The first-order valence-electron chi connectivity index (χ1n) is 6.22. The molecule has 1 aromatic rings. The molecular weight excluding hydrogens is 230 g/mol. The summed E-state index contributed by atoms with van der Waals surface area (Å²) in [6, 6.07) is 9.20. The van der Waals surface area contributed by atoms with Crippen molar-refractivity contribution in [1.82, 2.24) is 5.32 Å². The van der Waals surface area contributed by atoms with E-state index in [9.17, 15) is 9.90 Å². The molecule has 0 aromatic heterocycles. The van der Waals surface area contributed by atoms with Crippen molar-refractivity contribution in [2.75, 3.05) is 13.2 Å². The van der Waals surface area contributed by atoms with Crippen molar-refractivity contribution in [3.63, 3.8) is 0 Å². The van der Waals surface area contributed by atoms with Crippen molar-refractivity contribution < 1.29 is 14.6 Å². The molecule has 18 heavy (non-hydrogen) atoms. The van der Waals surface area contributed by atoms with E-state index in [1.165, 1.54) is 0 Å². The van der Waals surface area contributed by atoms with Gasteiger partial charge in [-0.25, -0.2) is 0 Å². The number of rotatable bonds is 7. The molecule has 0 unspecified atom stereocenters. The smallest absolute Gasteiger partial charge is 0.257 e. The highest BCUT2D eigenvalue weighted by Crippen LogP contribution is 2.07. The molecule has 0 fully saturated rings. The van der Waals surface area contributed by atoms with Crippen LogP contribution in [0.3, 0.4) is 0 Å². The second kappa shape index (κ2) is 7.71. The lowest BCUT2D eigenvalue weighted by Gasteiger charge is -2.14. The van der Waals surface area contributed by atoms with Crippen LogP contribution >= 0.6 is 0 Å². The van der Waals surface area contributed by atoms with Crippen molar-refractivity contribution in [1.29, 1.82) is 0 Å². The van der Waals surface area contributed by atoms with Crippen LogP contribution in [0.2, 0.25) is 0 Å². The number of nitrogens with one attached hydrogen (secondary N) is 1. The van der Waals surface area contributed by atoms with Crippen LogP contribution in [0.25, 0.3) is 0 Å². The van der Waals surface area contributed by atoms with Crippen molar-refractivity contribution in [3.8, 4) is 5.75 Å². The monoisotopic (exact) mass is 251 g/mol. The quantitative estimate of drug-likeness (QED) is 0.773. The molecule has 1 rings (SSSR count). The zero-order valence-corrected chi connectivity index (χ0v) is 10.9. The number of aliphatic hydroxyl groups excluding tert-OH is 1. The Morgan fingerprint density at radius 3 is 2.61 bits per heavy atom. The standard InChI is InChI=1S/C14H21NO3/c1-11(2)13(16)8-9-15-14(17)10-18-12-6-4-3-5-7-12/h3-7,11,13,16H,8-10H2,1-2H3,(H,15,17)/t13-/m1/s1. The van der Waals surface area contributed by atoms with E-state index < -0.39 is 0 Å². The molecule has 0 aliphatic carbocycles. The maximum Gasteiger partial charge on any atom is 0.257 e. The first kappa shape index (κ1) is 14.5. The van der Waals surface area contributed by atoms with Gasteiger partial charge in [-0.15, -0.1) is 0 Å². The third-order valence-corrected chi connectivity index (χ3v) is 2.64. The second-order valence-electron chi connectivity index (χ2n) is 4.55. The molecule has 0 bridgehead atoms. The maximum absolute atomic E-state index is 11.4. The number of carbonyl (C=O) groups is 1. The number of para-hydroxylation sites is 1. The van der Waals surface area contributed by atoms with Crippen molar-refractivity contribution >= 4 is 5.91 Å². The molecule has 1 amide bonds. The molecule has 1 atom stereocenters. The summed E-state index contributed by atoms with van der Waals surface area (Å²) in [5.74, 6) is 0.715. The van der Waals surface area contributed by atoms with Gasteiger partial charge in [0.2, 0.25) is 0 Å². The highest BCUT2D eigenvalue weighted by Gasteiger charge is 2.09. The van der Waals surface area contributed by atoms with Gasteiger partial charge in [0.25, 0.3) is 5.91 Å². The van der Waals surface area contributed by atoms with Crippen LogP contribution in [0.15, 0.2) is 30.3 Å². The van der Waals surface area contributed by atoms with E-state index in [-0.39, 0.29) is 24.5 Å². The van der Waals surface area contributed by atoms with Crippen LogP contribution in [-0.2, 0) is 4.79 Å². The number of aliphatic hydroxyl groups is 1. The van der Waals surface area contributed by atoms with E-state index in [0.29, 0.717) is 18.7 Å². The Morgan fingerprint density at radius 1 is 1.33 bits per heavy atom. The predicted octanol–water partition coefficient (Wildman–Crippen LogP) is 1.59. The summed E-state index contributed by atoms with van der Waals surface area (Å²) in [5.41, 5.74) is 0. The molecule has 100 valence electrons. The lowest BCUT2D eigenvalue weighted by Crippen LogP contribution is -2.32. The summed E-state index contributed by atoms with van der Waals surface area (Å²) in [7, 11) is 0. The van der Waals surface area contributed by atoms with Gasteiger partial charge >= 0.3 is 0 Å². The highest BCUT2D eigenvalue weighted by molar-refractivity contribution is 5.77. The van der Waals surface area contributed by atoms with Crippen LogP contribution < -0.4 is 10.1 Å². The first-order chi connectivity index (χ1) is 8.59. The summed E-state index contributed by atoms with van der Waals surface area (Å²) in [6.07, 6.45) is 0.190. The molecule has 4 heteroatoms. The summed E-state index contributed by atoms with van der Waals surface area (Å²) in [5, 5.41) is 12.3.